The standard InChI is InChI=1S/C31H40O6/c1-5-9-11-22-13-17-26(18-14-22)30(34)36-28(32)24(7-3)21-25(8-4)29(33)37-31(35)27-19-15-23(16-20-27)12-10-6-2/h13-20,24-25H,5-12,21H2,1-4H3. The molecule has 0 saturated carbocycles. The van der Waals surface area contributed by atoms with Gasteiger partial charge in [0.2, 0.25) is 0 Å². The van der Waals surface area contributed by atoms with Gasteiger partial charge in [-0.3, -0.25) is 9.59 Å². The van der Waals surface area contributed by atoms with Crippen LogP contribution in [0.5, 0.6) is 0 Å². The van der Waals surface area contributed by atoms with Gasteiger partial charge in [-0.15, -0.1) is 0 Å². The van der Waals surface area contributed by atoms with E-state index in [-0.39, 0.29) is 6.42 Å². The van der Waals surface area contributed by atoms with Crippen molar-refractivity contribution >= 4 is 23.9 Å². The van der Waals surface area contributed by atoms with Crippen molar-refractivity contribution in [3.63, 3.8) is 0 Å². The Kier molecular flexibility index (Phi) is 12.7. The second-order valence-corrected chi connectivity index (χ2v) is 9.46. The number of esters is 4. The van der Waals surface area contributed by atoms with E-state index in [1.807, 2.05) is 24.3 Å². The van der Waals surface area contributed by atoms with E-state index in [4.69, 9.17) is 9.47 Å². The lowest BCUT2D eigenvalue weighted by atomic mass is 9.91. The molecule has 0 radical (unpaired) electrons. The SMILES string of the molecule is CCCCc1ccc(C(=O)OC(=O)C(CC)CC(CC)C(=O)OC(=O)c2ccc(CCCC)cc2)cc1. The summed E-state index contributed by atoms with van der Waals surface area (Å²) in [5.74, 6) is -4.11. The van der Waals surface area contributed by atoms with Crippen LogP contribution >= 0.6 is 0 Å². The van der Waals surface area contributed by atoms with E-state index in [9.17, 15) is 19.2 Å². The van der Waals surface area contributed by atoms with E-state index < -0.39 is 35.7 Å². The molecule has 37 heavy (non-hydrogen) atoms. The molecule has 0 N–H and O–H groups in total. The third kappa shape index (κ3) is 9.60. The number of hydrogen-bond donors (Lipinski definition) is 0. The summed E-state index contributed by atoms with van der Waals surface area (Å²) in [5.41, 5.74) is 2.87. The molecular weight excluding hydrogens is 468 g/mol. The number of carbonyl (C=O) groups excluding carboxylic acids is 4. The topological polar surface area (TPSA) is 86.7 Å². The van der Waals surface area contributed by atoms with Gasteiger partial charge in [0.15, 0.2) is 0 Å². The molecule has 0 aliphatic rings. The Hall–Kier alpha value is -3.28. The Morgan fingerprint density at radius 2 is 0.946 bits per heavy atom. The number of benzene rings is 2. The lowest BCUT2D eigenvalue weighted by Gasteiger charge is -2.19. The predicted molar refractivity (Wildman–Crippen MR) is 143 cm³/mol. The van der Waals surface area contributed by atoms with Crippen molar-refractivity contribution in [3.05, 3.63) is 70.8 Å². The second-order valence-electron chi connectivity index (χ2n) is 9.46. The monoisotopic (exact) mass is 508 g/mol. The highest BCUT2D eigenvalue weighted by Crippen LogP contribution is 2.23. The quantitative estimate of drug-likeness (QED) is 0.204. The van der Waals surface area contributed by atoms with Crippen molar-refractivity contribution in [1.29, 1.82) is 0 Å². The van der Waals surface area contributed by atoms with Crippen LogP contribution in [-0.4, -0.2) is 23.9 Å². The molecule has 0 aliphatic heterocycles. The molecule has 2 aromatic rings. The lowest BCUT2D eigenvalue weighted by Crippen LogP contribution is -2.28. The van der Waals surface area contributed by atoms with Gasteiger partial charge in [-0.25, -0.2) is 9.59 Å². The summed E-state index contributed by atoms with van der Waals surface area (Å²) in [5, 5.41) is 0. The fraction of sp³-hybridized carbons (Fsp3) is 0.484. The van der Waals surface area contributed by atoms with Gasteiger partial charge in [0.05, 0.1) is 23.0 Å². The summed E-state index contributed by atoms with van der Waals surface area (Å²) in [6, 6.07) is 14.1. The molecule has 0 amide bonds. The smallest absolute Gasteiger partial charge is 0.345 e. The molecule has 2 unspecified atom stereocenters. The zero-order chi connectivity index (χ0) is 27.2. The van der Waals surface area contributed by atoms with Crippen molar-refractivity contribution in [2.75, 3.05) is 0 Å². The van der Waals surface area contributed by atoms with E-state index in [2.05, 4.69) is 13.8 Å². The number of unbranched alkanes of at least 4 members (excludes halogenated alkanes) is 2. The van der Waals surface area contributed by atoms with Crippen LogP contribution in [0.1, 0.15) is 104 Å². The summed E-state index contributed by atoms with van der Waals surface area (Å²) < 4.78 is 10.3. The number of carbonyl (C=O) groups is 4. The van der Waals surface area contributed by atoms with E-state index in [0.29, 0.717) is 24.0 Å². The molecule has 2 atom stereocenters. The molecule has 6 heteroatoms. The Labute approximate surface area is 220 Å². The van der Waals surface area contributed by atoms with E-state index in [1.54, 1.807) is 38.1 Å². The molecular formula is C31H40O6. The molecule has 0 fully saturated rings. The maximum Gasteiger partial charge on any atom is 0.345 e. The van der Waals surface area contributed by atoms with Crippen molar-refractivity contribution in [1.82, 2.24) is 0 Å². The molecule has 0 heterocycles. The summed E-state index contributed by atoms with van der Waals surface area (Å²) in [6.45, 7) is 7.83. The van der Waals surface area contributed by atoms with Gasteiger partial charge in [0.25, 0.3) is 0 Å². The lowest BCUT2D eigenvalue weighted by molar-refractivity contribution is -0.146. The third-order valence-corrected chi connectivity index (χ3v) is 6.63. The number of hydrogen-bond acceptors (Lipinski definition) is 6. The number of rotatable bonds is 14. The molecule has 6 nitrogen and oxygen atoms in total. The van der Waals surface area contributed by atoms with Gasteiger partial charge in [0.1, 0.15) is 0 Å². The van der Waals surface area contributed by atoms with Gasteiger partial charge in [0, 0.05) is 0 Å². The van der Waals surface area contributed by atoms with Gasteiger partial charge in [-0.1, -0.05) is 64.8 Å². The van der Waals surface area contributed by atoms with Crippen LogP contribution in [0, 0.1) is 11.8 Å². The average molecular weight is 509 g/mol. The summed E-state index contributed by atoms with van der Waals surface area (Å²) in [6.07, 6.45) is 7.09. The van der Waals surface area contributed by atoms with Crippen molar-refractivity contribution in [3.8, 4) is 0 Å². The molecule has 2 aromatic carbocycles. The molecule has 0 bridgehead atoms. The fourth-order valence-electron chi connectivity index (χ4n) is 4.05. The highest BCUT2D eigenvalue weighted by atomic mass is 16.6. The Morgan fingerprint density at radius 1 is 0.595 bits per heavy atom. The highest BCUT2D eigenvalue weighted by Gasteiger charge is 2.30. The van der Waals surface area contributed by atoms with Crippen LogP contribution in [0.2, 0.25) is 0 Å². The normalized spacial score (nSPS) is 12.4. The first-order chi connectivity index (χ1) is 17.8. The van der Waals surface area contributed by atoms with Gasteiger partial charge in [-0.2, -0.15) is 0 Å². The number of ether oxygens (including phenoxy) is 2. The molecule has 0 saturated heterocycles. The van der Waals surface area contributed by atoms with Gasteiger partial charge >= 0.3 is 23.9 Å². The Bertz CT molecular complexity index is 939. The molecule has 0 aromatic heterocycles. The zero-order valence-corrected chi connectivity index (χ0v) is 22.6. The van der Waals surface area contributed by atoms with Crippen molar-refractivity contribution < 1.29 is 28.7 Å². The van der Waals surface area contributed by atoms with E-state index in [0.717, 1.165) is 49.7 Å². The van der Waals surface area contributed by atoms with Crippen LogP contribution in [0.25, 0.3) is 0 Å². The van der Waals surface area contributed by atoms with E-state index in [1.165, 1.54) is 0 Å². The maximum atomic E-state index is 12.7. The van der Waals surface area contributed by atoms with Crippen LogP contribution in [0.3, 0.4) is 0 Å². The minimum absolute atomic E-state index is 0.136. The second kappa shape index (κ2) is 15.7. The van der Waals surface area contributed by atoms with Crippen LogP contribution in [0.15, 0.2) is 48.5 Å². The van der Waals surface area contributed by atoms with Crippen molar-refractivity contribution in [2.24, 2.45) is 11.8 Å². The summed E-state index contributed by atoms with van der Waals surface area (Å²) in [4.78, 5) is 50.4. The molecule has 2 rings (SSSR count). The maximum absolute atomic E-state index is 12.7. The molecule has 200 valence electrons. The number of aryl methyl sites for hydroxylation is 2. The van der Waals surface area contributed by atoms with Crippen molar-refractivity contribution in [2.45, 2.75) is 85.5 Å². The molecule has 0 spiro atoms. The Morgan fingerprint density at radius 3 is 1.24 bits per heavy atom. The first-order valence-corrected chi connectivity index (χ1v) is 13.5. The summed E-state index contributed by atoms with van der Waals surface area (Å²) >= 11 is 0. The first-order valence-electron chi connectivity index (χ1n) is 13.5. The molecule has 0 aliphatic carbocycles. The van der Waals surface area contributed by atoms with Crippen LogP contribution in [0.4, 0.5) is 0 Å². The minimum Gasteiger partial charge on any atom is -0.389 e. The first kappa shape index (κ1) is 29.9. The highest BCUT2D eigenvalue weighted by molar-refractivity contribution is 5.98. The zero-order valence-electron chi connectivity index (χ0n) is 22.6. The van der Waals surface area contributed by atoms with Crippen LogP contribution < -0.4 is 0 Å². The largest absolute Gasteiger partial charge is 0.389 e. The fourth-order valence-corrected chi connectivity index (χ4v) is 4.05. The Balaban J connectivity index is 1.94. The summed E-state index contributed by atoms with van der Waals surface area (Å²) in [7, 11) is 0. The van der Waals surface area contributed by atoms with Gasteiger partial charge in [-0.05, 0) is 80.3 Å². The van der Waals surface area contributed by atoms with Gasteiger partial charge < -0.3 is 9.47 Å². The van der Waals surface area contributed by atoms with Crippen LogP contribution in [-0.2, 0) is 31.9 Å². The minimum atomic E-state index is -0.710. The van der Waals surface area contributed by atoms with E-state index >= 15 is 0 Å². The third-order valence-electron chi connectivity index (χ3n) is 6.63. The predicted octanol–water partition coefficient (Wildman–Crippen LogP) is 6.88. The average Bonchev–Trinajstić information content (AvgIpc) is 2.91.